The molecule has 3 N–H and O–H groups in total. The Bertz CT molecular complexity index is 62.1. The Labute approximate surface area is 62.6 Å². The normalized spacial score (nSPS) is 25.7. The molecule has 0 aromatic heterocycles. The molecule has 1 aliphatic heterocycles. The van der Waals surface area contributed by atoms with Crippen LogP contribution in [0.1, 0.15) is 12.8 Å². The molecule has 9 heavy (non-hydrogen) atoms. The lowest BCUT2D eigenvalue weighted by Gasteiger charge is -2.02. The first kappa shape index (κ1) is 9.21. The van der Waals surface area contributed by atoms with E-state index in [1.54, 1.807) is 0 Å². The molecule has 0 spiro atoms. The van der Waals surface area contributed by atoms with Gasteiger partial charge in [-0.15, -0.1) is 12.4 Å². The van der Waals surface area contributed by atoms with Crippen LogP contribution in [0.5, 0.6) is 0 Å². The molecule has 56 valence electrons. The van der Waals surface area contributed by atoms with Gasteiger partial charge in [0.05, 0.1) is 0 Å². The number of hydrogen-bond donors (Lipinski definition) is 2. The Kier molecular flexibility index (Phi) is 5.15. The van der Waals surface area contributed by atoms with Crippen LogP contribution in [-0.4, -0.2) is 19.6 Å². The van der Waals surface area contributed by atoms with Crippen LogP contribution in [0.25, 0.3) is 0 Å². The molecule has 3 heteroatoms. The summed E-state index contributed by atoms with van der Waals surface area (Å²) < 4.78 is 0. The van der Waals surface area contributed by atoms with Crippen molar-refractivity contribution in [2.75, 3.05) is 19.6 Å². The molecule has 0 aromatic rings. The first-order valence-electron chi connectivity index (χ1n) is 3.34. The summed E-state index contributed by atoms with van der Waals surface area (Å²) in [4.78, 5) is 0. The van der Waals surface area contributed by atoms with Gasteiger partial charge in [0.15, 0.2) is 0 Å². The minimum atomic E-state index is 0. The number of rotatable bonds is 2. The van der Waals surface area contributed by atoms with Gasteiger partial charge in [-0.05, 0) is 38.4 Å². The smallest absolute Gasteiger partial charge is 0.00196 e. The zero-order valence-electron chi connectivity index (χ0n) is 5.60. The van der Waals surface area contributed by atoms with Crippen LogP contribution in [0.4, 0.5) is 0 Å². The molecule has 1 atom stereocenters. The lowest BCUT2D eigenvalue weighted by molar-refractivity contribution is 0.541. The van der Waals surface area contributed by atoms with Gasteiger partial charge in [-0.1, -0.05) is 0 Å². The molecule has 1 saturated heterocycles. The quantitative estimate of drug-likeness (QED) is 0.597. The fourth-order valence-electron chi connectivity index (χ4n) is 1.20. The highest BCUT2D eigenvalue weighted by molar-refractivity contribution is 5.85. The highest BCUT2D eigenvalue weighted by Gasteiger charge is 2.11. The minimum Gasteiger partial charge on any atom is -0.330 e. The lowest BCUT2D eigenvalue weighted by atomic mass is 10.1. The van der Waals surface area contributed by atoms with Crippen LogP contribution in [0.15, 0.2) is 0 Å². The third-order valence-electron chi connectivity index (χ3n) is 1.74. The van der Waals surface area contributed by atoms with E-state index in [4.69, 9.17) is 5.73 Å². The summed E-state index contributed by atoms with van der Waals surface area (Å²) in [5.74, 6) is 0.875. The van der Waals surface area contributed by atoms with Gasteiger partial charge in [0.2, 0.25) is 0 Å². The van der Waals surface area contributed by atoms with Gasteiger partial charge in [-0.25, -0.2) is 0 Å². The topological polar surface area (TPSA) is 38.0 Å². The second kappa shape index (κ2) is 5.03. The third kappa shape index (κ3) is 3.04. The maximum Gasteiger partial charge on any atom is -0.00196 e. The Balaban J connectivity index is 0.000000640. The second-order valence-corrected chi connectivity index (χ2v) is 2.44. The first-order valence-corrected chi connectivity index (χ1v) is 3.34. The highest BCUT2D eigenvalue weighted by Crippen LogP contribution is 2.09. The van der Waals surface area contributed by atoms with E-state index in [1.807, 2.05) is 0 Å². The molecule has 0 bridgehead atoms. The van der Waals surface area contributed by atoms with Crippen molar-refractivity contribution in [1.82, 2.24) is 5.32 Å². The summed E-state index contributed by atoms with van der Waals surface area (Å²) >= 11 is 0. The molecule has 1 aliphatic rings. The Morgan fingerprint density at radius 3 is 2.78 bits per heavy atom. The van der Waals surface area contributed by atoms with Gasteiger partial charge in [-0.2, -0.15) is 0 Å². The molecule has 0 unspecified atom stereocenters. The van der Waals surface area contributed by atoms with E-state index in [1.165, 1.54) is 25.9 Å². The van der Waals surface area contributed by atoms with Gasteiger partial charge >= 0.3 is 0 Å². The summed E-state index contributed by atoms with van der Waals surface area (Å²) in [6, 6.07) is 0. The van der Waals surface area contributed by atoms with Crippen LogP contribution in [0.2, 0.25) is 0 Å². The summed E-state index contributed by atoms with van der Waals surface area (Å²) in [6.45, 7) is 3.24. The average molecular weight is 151 g/mol. The fourth-order valence-corrected chi connectivity index (χ4v) is 1.20. The van der Waals surface area contributed by atoms with E-state index in [-0.39, 0.29) is 12.4 Å². The van der Waals surface area contributed by atoms with Crippen molar-refractivity contribution in [3.05, 3.63) is 0 Å². The van der Waals surface area contributed by atoms with Crippen molar-refractivity contribution < 1.29 is 0 Å². The second-order valence-electron chi connectivity index (χ2n) is 2.44. The Morgan fingerprint density at radius 1 is 1.56 bits per heavy atom. The largest absolute Gasteiger partial charge is 0.330 e. The number of hydrogen-bond acceptors (Lipinski definition) is 2. The van der Waals surface area contributed by atoms with Crippen molar-refractivity contribution in [1.29, 1.82) is 0 Å². The zero-order valence-corrected chi connectivity index (χ0v) is 6.41. The Hall–Kier alpha value is 0.210. The maximum atomic E-state index is 5.38. The van der Waals surface area contributed by atoms with Crippen molar-refractivity contribution in [2.24, 2.45) is 11.7 Å². The molecular weight excluding hydrogens is 136 g/mol. The minimum absolute atomic E-state index is 0. The SMILES string of the molecule is Cl.NCC[C@H]1CCNC1. The van der Waals surface area contributed by atoms with Crippen LogP contribution in [0, 0.1) is 5.92 Å². The van der Waals surface area contributed by atoms with Gasteiger partial charge in [-0.3, -0.25) is 0 Å². The van der Waals surface area contributed by atoms with E-state index < -0.39 is 0 Å². The zero-order chi connectivity index (χ0) is 5.82. The van der Waals surface area contributed by atoms with Crippen molar-refractivity contribution >= 4 is 12.4 Å². The van der Waals surface area contributed by atoms with E-state index >= 15 is 0 Å². The van der Waals surface area contributed by atoms with Gasteiger partial charge in [0.25, 0.3) is 0 Å². The maximum absolute atomic E-state index is 5.38. The summed E-state index contributed by atoms with van der Waals surface area (Å²) in [5.41, 5.74) is 5.38. The molecule has 0 aliphatic carbocycles. The molecule has 0 aromatic carbocycles. The molecule has 0 radical (unpaired) electrons. The molecule has 0 saturated carbocycles. The van der Waals surface area contributed by atoms with Gasteiger partial charge < -0.3 is 11.1 Å². The van der Waals surface area contributed by atoms with Crippen LogP contribution in [0.3, 0.4) is 0 Å². The lowest BCUT2D eigenvalue weighted by Crippen LogP contribution is -2.12. The monoisotopic (exact) mass is 150 g/mol. The summed E-state index contributed by atoms with van der Waals surface area (Å²) in [5, 5.41) is 3.30. The highest BCUT2D eigenvalue weighted by atomic mass is 35.5. The number of nitrogens with two attached hydrogens (primary N) is 1. The molecule has 0 amide bonds. The molecule has 1 rings (SSSR count). The fraction of sp³-hybridized carbons (Fsp3) is 1.00. The van der Waals surface area contributed by atoms with Crippen LogP contribution in [-0.2, 0) is 0 Å². The molecule has 1 fully saturated rings. The summed E-state index contributed by atoms with van der Waals surface area (Å²) in [7, 11) is 0. The average Bonchev–Trinajstić information content (AvgIpc) is 2.19. The van der Waals surface area contributed by atoms with Crippen molar-refractivity contribution in [3.63, 3.8) is 0 Å². The molecule has 2 nitrogen and oxygen atoms in total. The van der Waals surface area contributed by atoms with Gasteiger partial charge in [0.1, 0.15) is 0 Å². The molecular formula is C6H15ClN2. The van der Waals surface area contributed by atoms with Gasteiger partial charge in [0, 0.05) is 0 Å². The van der Waals surface area contributed by atoms with Crippen molar-refractivity contribution in [3.8, 4) is 0 Å². The number of nitrogens with one attached hydrogen (secondary N) is 1. The predicted molar refractivity (Wildman–Crippen MR) is 41.9 cm³/mol. The van der Waals surface area contributed by atoms with Crippen LogP contribution >= 0.6 is 12.4 Å². The molecule has 1 heterocycles. The summed E-state index contributed by atoms with van der Waals surface area (Å²) in [6.07, 6.45) is 2.53. The predicted octanol–water partition coefficient (Wildman–Crippen LogP) is 0.366. The van der Waals surface area contributed by atoms with E-state index in [0.717, 1.165) is 12.5 Å². The Morgan fingerprint density at radius 2 is 2.33 bits per heavy atom. The van der Waals surface area contributed by atoms with E-state index in [0.29, 0.717) is 0 Å². The third-order valence-corrected chi connectivity index (χ3v) is 1.74. The van der Waals surface area contributed by atoms with Crippen molar-refractivity contribution in [2.45, 2.75) is 12.8 Å². The van der Waals surface area contributed by atoms with Crippen LogP contribution < -0.4 is 11.1 Å². The van der Waals surface area contributed by atoms with E-state index in [2.05, 4.69) is 5.32 Å². The standard InChI is InChI=1S/C6H14N2.ClH/c7-3-1-6-2-4-8-5-6;/h6,8H,1-5,7H2;1H/t6-;/m0./s1. The number of halogens is 1. The van der Waals surface area contributed by atoms with E-state index in [9.17, 15) is 0 Å². The first-order chi connectivity index (χ1) is 3.93.